The van der Waals surface area contributed by atoms with Crippen LogP contribution in [0.25, 0.3) is 11.1 Å². The van der Waals surface area contributed by atoms with Gasteiger partial charge in [0.15, 0.2) is 0 Å². The number of hydrogen-bond acceptors (Lipinski definition) is 1. The molecule has 124 valence electrons. The highest BCUT2D eigenvalue weighted by atomic mass is 19.4. The molecule has 1 aliphatic carbocycles. The predicted molar refractivity (Wildman–Crippen MR) is 87.4 cm³/mol. The fourth-order valence-electron chi connectivity index (χ4n) is 3.11. The Balaban J connectivity index is 0.000000924. The van der Waals surface area contributed by atoms with Crippen LogP contribution in [-0.4, -0.2) is 4.98 Å². The van der Waals surface area contributed by atoms with E-state index in [1.807, 2.05) is 26.0 Å². The van der Waals surface area contributed by atoms with E-state index in [4.69, 9.17) is 0 Å². The molecule has 1 heterocycles. The lowest BCUT2D eigenvalue weighted by atomic mass is 9.80. The third kappa shape index (κ3) is 3.74. The lowest BCUT2D eigenvalue weighted by Crippen LogP contribution is -2.10. The number of benzene rings is 1. The summed E-state index contributed by atoms with van der Waals surface area (Å²) in [5.41, 5.74) is 3.14. The van der Waals surface area contributed by atoms with Crippen molar-refractivity contribution >= 4 is 0 Å². The molecule has 0 aliphatic heterocycles. The number of alkyl halides is 3. The van der Waals surface area contributed by atoms with Gasteiger partial charge >= 0.3 is 6.18 Å². The van der Waals surface area contributed by atoms with Crippen molar-refractivity contribution in [2.75, 3.05) is 0 Å². The quantitative estimate of drug-likeness (QED) is 0.606. The molecule has 1 nitrogen and oxygen atoms in total. The molecule has 1 aromatic heterocycles. The van der Waals surface area contributed by atoms with Gasteiger partial charge in [0, 0.05) is 6.20 Å². The minimum absolute atomic E-state index is 0.470. The molecule has 3 rings (SSSR count). The molecule has 0 saturated heterocycles. The Kier molecular flexibility index (Phi) is 5.45. The number of aromatic nitrogens is 1. The minimum atomic E-state index is -4.40. The Labute approximate surface area is 135 Å². The highest BCUT2D eigenvalue weighted by molar-refractivity contribution is 5.69. The summed E-state index contributed by atoms with van der Waals surface area (Å²) in [6, 6.07) is 8.74. The summed E-state index contributed by atoms with van der Waals surface area (Å²) in [6.07, 6.45) is -0.00946. The van der Waals surface area contributed by atoms with Crippen molar-refractivity contribution in [2.45, 2.75) is 52.1 Å². The van der Waals surface area contributed by atoms with E-state index in [9.17, 15) is 13.2 Å². The first-order chi connectivity index (χ1) is 11.0. The first kappa shape index (κ1) is 17.5. The normalized spacial score (nSPS) is 17.0. The summed E-state index contributed by atoms with van der Waals surface area (Å²) < 4.78 is 38.5. The molecule has 0 amide bonds. The highest BCUT2D eigenvalue weighted by Crippen LogP contribution is 2.38. The lowest BCUT2D eigenvalue weighted by molar-refractivity contribution is -0.141. The second-order valence-corrected chi connectivity index (χ2v) is 5.59. The van der Waals surface area contributed by atoms with Crippen LogP contribution in [0, 0.1) is 0 Å². The van der Waals surface area contributed by atoms with Crippen molar-refractivity contribution in [1.29, 1.82) is 0 Å². The van der Waals surface area contributed by atoms with E-state index in [0.717, 1.165) is 30.9 Å². The Morgan fingerprint density at radius 3 is 2.57 bits per heavy atom. The summed E-state index contributed by atoms with van der Waals surface area (Å²) in [4.78, 5) is 3.44. The smallest absolute Gasteiger partial charge is 0.252 e. The summed E-state index contributed by atoms with van der Waals surface area (Å²) in [7, 11) is 0. The summed E-state index contributed by atoms with van der Waals surface area (Å²) in [5, 5.41) is 0. The fraction of sp³-hybridized carbons (Fsp3) is 0.421. The molecule has 0 radical (unpaired) electrons. The summed E-state index contributed by atoms with van der Waals surface area (Å²) in [5.74, 6) is 0.470. The standard InChI is InChI=1S/C17H16F3N.C2H6/c1-11-4-2-7-15-13(11)5-3-6-14(15)12-8-9-21-16(10-12)17(18,19)20;1-2/h3,5-6,8-11H,2,4,7H2,1H3;1-2H3. The van der Waals surface area contributed by atoms with Crippen LogP contribution in [0.1, 0.15) is 56.4 Å². The molecule has 23 heavy (non-hydrogen) atoms. The Bertz CT molecular complexity index is 662. The predicted octanol–water partition coefficient (Wildman–Crippen LogP) is 6.23. The van der Waals surface area contributed by atoms with Gasteiger partial charge in [0.25, 0.3) is 0 Å². The van der Waals surface area contributed by atoms with Crippen LogP contribution in [0.5, 0.6) is 0 Å². The summed E-state index contributed by atoms with van der Waals surface area (Å²) >= 11 is 0. The highest BCUT2D eigenvalue weighted by Gasteiger charge is 2.32. The zero-order chi connectivity index (χ0) is 17.0. The van der Waals surface area contributed by atoms with Gasteiger partial charge in [0.2, 0.25) is 0 Å². The average molecular weight is 321 g/mol. The first-order valence-electron chi connectivity index (χ1n) is 8.12. The zero-order valence-corrected chi connectivity index (χ0v) is 13.7. The maximum Gasteiger partial charge on any atom is 0.433 e. The van der Waals surface area contributed by atoms with E-state index in [1.165, 1.54) is 17.3 Å². The number of rotatable bonds is 1. The third-order valence-electron chi connectivity index (χ3n) is 4.17. The van der Waals surface area contributed by atoms with E-state index in [0.29, 0.717) is 11.5 Å². The molecular formula is C19H22F3N. The van der Waals surface area contributed by atoms with Crippen LogP contribution in [0.3, 0.4) is 0 Å². The van der Waals surface area contributed by atoms with Gasteiger partial charge in [-0.25, -0.2) is 0 Å². The second-order valence-electron chi connectivity index (χ2n) is 5.59. The van der Waals surface area contributed by atoms with Gasteiger partial charge in [-0.05, 0) is 59.6 Å². The van der Waals surface area contributed by atoms with Crippen LogP contribution < -0.4 is 0 Å². The van der Waals surface area contributed by atoms with Crippen molar-refractivity contribution in [1.82, 2.24) is 4.98 Å². The number of pyridine rings is 1. The molecular weight excluding hydrogens is 299 g/mol. The van der Waals surface area contributed by atoms with Crippen molar-refractivity contribution in [3.63, 3.8) is 0 Å². The topological polar surface area (TPSA) is 12.9 Å². The van der Waals surface area contributed by atoms with Crippen LogP contribution in [0.4, 0.5) is 13.2 Å². The van der Waals surface area contributed by atoms with E-state index in [1.54, 1.807) is 6.07 Å². The molecule has 0 saturated carbocycles. The van der Waals surface area contributed by atoms with Crippen molar-refractivity contribution < 1.29 is 13.2 Å². The first-order valence-corrected chi connectivity index (χ1v) is 8.12. The third-order valence-corrected chi connectivity index (χ3v) is 4.17. The Morgan fingerprint density at radius 1 is 1.13 bits per heavy atom. The molecule has 1 unspecified atom stereocenters. The van der Waals surface area contributed by atoms with Crippen molar-refractivity contribution in [3.05, 3.63) is 53.3 Å². The van der Waals surface area contributed by atoms with Crippen molar-refractivity contribution in [2.24, 2.45) is 0 Å². The zero-order valence-electron chi connectivity index (χ0n) is 13.7. The molecule has 0 bridgehead atoms. The van der Waals surface area contributed by atoms with Crippen LogP contribution >= 0.6 is 0 Å². The molecule has 1 aromatic carbocycles. The lowest BCUT2D eigenvalue weighted by Gasteiger charge is -2.25. The number of halogens is 3. The molecule has 0 spiro atoms. The van der Waals surface area contributed by atoms with Gasteiger partial charge in [-0.2, -0.15) is 13.2 Å². The molecule has 1 aliphatic rings. The number of fused-ring (bicyclic) bond motifs is 1. The molecule has 0 N–H and O–H groups in total. The maximum absolute atomic E-state index is 12.8. The Hall–Kier alpha value is -1.84. The van der Waals surface area contributed by atoms with Gasteiger partial charge in [-0.3, -0.25) is 4.98 Å². The van der Waals surface area contributed by atoms with Gasteiger partial charge in [-0.15, -0.1) is 0 Å². The van der Waals surface area contributed by atoms with Crippen LogP contribution in [0.15, 0.2) is 36.5 Å². The second kappa shape index (κ2) is 7.16. The van der Waals surface area contributed by atoms with Crippen LogP contribution in [-0.2, 0) is 12.6 Å². The van der Waals surface area contributed by atoms with Gasteiger partial charge in [-0.1, -0.05) is 39.0 Å². The molecule has 2 aromatic rings. The average Bonchev–Trinajstić information content (AvgIpc) is 2.56. The van der Waals surface area contributed by atoms with Gasteiger partial charge in [0.05, 0.1) is 0 Å². The molecule has 1 atom stereocenters. The fourth-order valence-corrected chi connectivity index (χ4v) is 3.11. The minimum Gasteiger partial charge on any atom is -0.252 e. The summed E-state index contributed by atoms with van der Waals surface area (Å²) in [6.45, 7) is 6.18. The number of hydrogen-bond donors (Lipinski definition) is 0. The number of nitrogens with zero attached hydrogens (tertiary/aromatic N) is 1. The van der Waals surface area contributed by atoms with Crippen LogP contribution in [0.2, 0.25) is 0 Å². The van der Waals surface area contributed by atoms with E-state index in [2.05, 4.69) is 18.0 Å². The molecule has 0 fully saturated rings. The maximum atomic E-state index is 12.8. The van der Waals surface area contributed by atoms with Crippen molar-refractivity contribution in [3.8, 4) is 11.1 Å². The van der Waals surface area contributed by atoms with E-state index in [-0.39, 0.29) is 0 Å². The SMILES string of the molecule is CC.CC1CCCc2c(-c3ccnc(C(F)(F)F)c3)cccc21. The van der Waals surface area contributed by atoms with Gasteiger partial charge in [0.1, 0.15) is 5.69 Å². The molecule has 4 heteroatoms. The van der Waals surface area contributed by atoms with E-state index >= 15 is 0 Å². The monoisotopic (exact) mass is 321 g/mol. The Morgan fingerprint density at radius 2 is 1.87 bits per heavy atom. The van der Waals surface area contributed by atoms with E-state index < -0.39 is 11.9 Å². The largest absolute Gasteiger partial charge is 0.433 e. The van der Waals surface area contributed by atoms with Gasteiger partial charge < -0.3 is 0 Å².